The van der Waals surface area contributed by atoms with E-state index in [-0.39, 0.29) is 18.0 Å². The third-order valence-corrected chi connectivity index (χ3v) is 3.90. The van der Waals surface area contributed by atoms with Crippen molar-refractivity contribution in [3.8, 4) is 11.8 Å². The first kappa shape index (κ1) is 14.3. The van der Waals surface area contributed by atoms with Crippen molar-refractivity contribution < 1.29 is 8.42 Å². The molecule has 104 valence electrons. The number of sulfonamides is 1. The minimum absolute atomic E-state index is 0.115. The average Bonchev–Trinajstić information content (AvgIpc) is 2.97. The highest BCUT2D eigenvalue weighted by atomic mass is 32.2. The van der Waals surface area contributed by atoms with Crippen LogP contribution in [0.1, 0.15) is 11.4 Å². The highest BCUT2D eigenvalue weighted by Gasteiger charge is 2.13. The van der Waals surface area contributed by atoms with Crippen LogP contribution in [-0.4, -0.2) is 24.9 Å². The van der Waals surface area contributed by atoms with Crippen LogP contribution in [0.25, 0.3) is 0 Å². The fraction of sp³-hybridized carbons (Fsp3) is 0.154. The smallest absolute Gasteiger partial charge is 0.240 e. The van der Waals surface area contributed by atoms with Gasteiger partial charge in [-0.3, -0.25) is 0 Å². The summed E-state index contributed by atoms with van der Waals surface area (Å²) in [5, 5.41) is 0. The summed E-state index contributed by atoms with van der Waals surface area (Å²) in [4.78, 5) is 6.96. The van der Waals surface area contributed by atoms with Crippen molar-refractivity contribution in [2.45, 2.75) is 11.4 Å². The molecular weight excluding hydrogens is 276 g/mol. The molecule has 2 aromatic rings. The second-order valence-electron chi connectivity index (χ2n) is 3.89. The maximum atomic E-state index is 12.0. The quantitative estimate of drug-likeness (QED) is 0.700. The van der Waals surface area contributed by atoms with E-state index in [1.165, 1.54) is 12.1 Å². The first-order valence-electron chi connectivity index (χ1n) is 5.89. The summed E-state index contributed by atoms with van der Waals surface area (Å²) in [6.07, 6.45) is 3.20. The fourth-order valence-corrected chi connectivity index (χ4v) is 2.50. The van der Waals surface area contributed by atoms with E-state index in [4.69, 9.17) is 5.73 Å². The van der Waals surface area contributed by atoms with E-state index >= 15 is 0 Å². The number of aromatic nitrogens is 2. The number of nitrogens with two attached hydrogens (primary N) is 1. The van der Waals surface area contributed by atoms with E-state index in [0.717, 1.165) is 5.56 Å². The van der Waals surface area contributed by atoms with Crippen LogP contribution < -0.4 is 10.5 Å². The Balaban J connectivity index is 2.09. The zero-order valence-corrected chi connectivity index (χ0v) is 11.4. The lowest BCUT2D eigenvalue weighted by atomic mass is 10.2. The van der Waals surface area contributed by atoms with Gasteiger partial charge in [0.25, 0.3) is 0 Å². The summed E-state index contributed by atoms with van der Waals surface area (Å²) in [7, 11) is -3.56. The van der Waals surface area contributed by atoms with Gasteiger partial charge in [0.2, 0.25) is 10.0 Å². The van der Waals surface area contributed by atoms with E-state index in [1.54, 1.807) is 24.5 Å². The van der Waals surface area contributed by atoms with Crippen LogP contribution >= 0.6 is 0 Å². The Morgan fingerprint density at radius 3 is 2.65 bits per heavy atom. The summed E-state index contributed by atoms with van der Waals surface area (Å²) in [5.41, 5.74) is 6.00. The van der Waals surface area contributed by atoms with Gasteiger partial charge in [-0.2, -0.15) is 0 Å². The molecule has 1 heterocycles. The Morgan fingerprint density at radius 1 is 1.30 bits per heavy atom. The molecule has 0 atom stereocenters. The van der Waals surface area contributed by atoms with Gasteiger partial charge in [0.05, 0.1) is 18.0 Å². The lowest BCUT2D eigenvalue weighted by Gasteiger charge is -2.05. The van der Waals surface area contributed by atoms with E-state index in [9.17, 15) is 8.42 Å². The molecule has 4 N–H and O–H groups in total. The molecule has 0 spiro atoms. The molecule has 0 aliphatic heterocycles. The van der Waals surface area contributed by atoms with Gasteiger partial charge in [0.1, 0.15) is 5.82 Å². The van der Waals surface area contributed by atoms with Gasteiger partial charge in [0, 0.05) is 18.0 Å². The second-order valence-corrected chi connectivity index (χ2v) is 5.66. The Hall–Kier alpha value is -2.14. The molecule has 0 fully saturated rings. The predicted molar refractivity (Wildman–Crippen MR) is 75.0 cm³/mol. The molecule has 0 radical (unpaired) electrons. The van der Waals surface area contributed by atoms with Crippen molar-refractivity contribution in [3.63, 3.8) is 0 Å². The predicted octanol–water partition coefficient (Wildman–Crippen LogP) is 0.198. The van der Waals surface area contributed by atoms with Gasteiger partial charge >= 0.3 is 0 Å². The van der Waals surface area contributed by atoms with Crippen molar-refractivity contribution in [2.24, 2.45) is 5.73 Å². The summed E-state index contributed by atoms with van der Waals surface area (Å²) in [5.74, 6) is 6.09. The number of benzene rings is 1. The van der Waals surface area contributed by atoms with Crippen molar-refractivity contribution in [3.05, 3.63) is 48.0 Å². The molecule has 7 heteroatoms. The molecule has 1 aromatic carbocycles. The molecule has 0 aliphatic carbocycles. The van der Waals surface area contributed by atoms with Crippen LogP contribution in [-0.2, 0) is 16.6 Å². The van der Waals surface area contributed by atoms with Crippen molar-refractivity contribution >= 4 is 10.0 Å². The third kappa shape index (κ3) is 3.68. The Morgan fingerprint density at radius 2 is 2.05 bits per heavy atom. The topological polar surface area (TPSA) is 101 Å². The lowest BCUT2D eigenvalue weighted by molar-refractivity contribution is 0.579. The number of imidazole rings is 1. The number of nitrogens with one attached hydrogen (secondary N) is 2. The van der Waals surface area contributed by atoms with Crippen molar-refractivity contribution in [2.75, 3.05) is 6.54 Å². The molecule has 2 rings (SSSR count). The first-order chi connectivity index (χ1) is 9.62. The Bertz CT molecular complexity index is 710. The van der Waals surface area contributed by atoms with Crippen molar-refractivity contribution in [1.29, 1.82) is 0 Å². The minimum Gasteiger partial charge on any atom is -0.347 e. The molecule has 0 aliphatic rings. The SMILES string of the molecule is NCC#Cc1ccc(S(=O)(=O)NCc2ncc[nH]2)cc1. The van der Waals surface area contributed by atoms with Gasteiger partial charge in [-0.1, -0.05) is 11.8 Å². The molecule has 0 amide bonds. The number of hydrogen-bond acceptors (Lipinski definition) is 4. The summed E-state index contributed by atoms with van der Waals surface area (Å²) < 4.78 is 26.6. The highest BCUT2D eigenvalue weighted by molar-refractivity contribution is 7.89. The molecule has 1 aromatic heterocycles. The summed E-state index contributed by atoms with van der Waals surface area (Å²) in [6, 6.07) is 6.30. The van der Waals surface area contributed by atoms with Gasteiger partial charge < -0.3 is 10.7 Å². The maximum absolute atomic E-state index is 12.0. The standard InChI is InChI=1S/C13H14N4O2S/c14-7-1-2-11-3-5-12(6-4-11)20(18,19)17-10-13-15-8-9-16-13/h3-6,8-9,17H,7,10,14H2,(H,15,16). The van der Waals surface area contributed by atoms with Crippen molar-refractivity contribution in [1.82, 2.24) is 14.7 Å². The lowest BCUT2D eigenvalue weighted by Crippen LogP contribution is -2.23. The van der Waals surface area contributed by atoms with Gasteiger partial charge in [-0.05, 0) is 24.3 Å². The van der Waals surface area contributed by atoms with E-state index < -0.39 is 10.0 Å². The van der Waals surface area contributed by atoms with E-state index in [2.05, 4.69) is 26.5 Å². The molecule has 20 heavy (non-hydrogen) atoms. The van der Waals surface area contributed by atoms with Gasteiger partial charge in [-0.15, -0.1) is 0 Å². The minimum atomic E-state index is -3.56. The second kappa shape index (κ2) is 6.34. The van der Waals surface area contributed by atoms with E-state index in [0.29, 0.717) is 5.82 Å². The normalized spacial score (nSPS) is 10.8. The molecule has 6 nitrogen and oxygen atoms in total. The molecule has 0 saturated heterocycles. The van der Waals surface area contributed by atoms with Crippen LogP contribution in [0.3, 0.4) is 0 Å². The van der Waals surface area contributed by atoms with Crippen LogP contribution in [0.5, 0.6) is 0 Å². The average molecular weight is 290 g/mol. The first-order valence-corrected chi connectivity index (χ1v) is 7.37. The number of H-pyrrole nitrogens is 1. The van der Waals surface area contributed by atoms with Gasteiger partial charge in [-0.25, -0.2) is 18.1 Å². The Kier molecular flexibility index (Phi) is 4.53. The van der Waals surface area contributed by atoms with Crippen LogP contribution in [0.15, 0.2) is 41.6 Å². The highest BCUT2D eigenvalue weighted by Crippen LogP contribution is 2.10. The summed E-state index contributed by atoms with van der Waals surface area (Å²) in [6.45, 7) is 0.384. The van der Waals surface area contributed by atoms with Gasteiger partial charge in [0.15, 0.2) is 0 Å². The number of hydrogen-bond donors (Lipinski definition) is 3. The fourth-order valence-electron chi connectivity index (χ4n) is 1.51. The molecule has 0 bridgehead atoms. The molecule has 0 unspecified atom stereocenters. The number of rotatable bonds is 4. The number of nitrogens with zero attached hydrogens (tertiary/aromatic N) is 1. The van der Waals surface area contributed by atoms with Crippen LogP contribution in [0.2, 0.25) is 0 Å². The molecular formula is C13H14N4O2S. The summed E-state index contributed by atoms with van der Waals surface area (Å²) >= 11 is 0. The Labute approximate surface area is 117 Å². The van der Waals surface area contributed by atoms with E-state index in [1.807, 2.05) is 0 Å². The monoisotopic (exact) mass is 290 g/mol. The molecule has 0 saturated carbocycles. The maximum Gasteiger partial charge on any atom is 0.240 e. The van der Waals surface area contributed by atoms with Crippen LogP contribution in [0.4, 0.5) is 0 Å². The zero-order chi connectivity index (χ0) is 14.4. The third-order valence-electron chi connectivity index (χ3n) is 2.48. The van der Waals surface area contributed by atoms with Crippen LogP contribution in [0, 0.1) is 11.8 Å². The largest absolute Gasteiger partial charge is 0.347 e. The number of aromatic amines is 1. The zero-order valence-electron chi connectivity index (χ0n) is 10.6.